The van der Waals surface area contributed by atoms with Gasteiger partial charge in [-0.1, -0.05) is 48.5 Å². The maximum Gasteiger partial charge on any atom is 0.407 e. The number of nitrogens with zero attached hydrogens (tertiary/aromatic N) is 1. The van der Waals surface area contributed by atoms with Gasteiger partial charge in [0.1, 0.15) is 12.6 Å². The van der Waals surface area contributed by atoms with E-state index in [1.807, 2.05) is 24.3 Å². The SMILES string of the molecule is CC(C)(CC(=O)N1CCCC[C@H]1C(=O)O)NC(=O)OCC1c2ccccc2-c2ccccc21. The Morgan fingerprint density at radius 3 is 2.24 bits per heavy atom. The molecule has 2 aromatic rings. The topological polar surface area (TPSA) is 95.9 Å². The molecule has 2 aliphatic rings. The van der Waals surface area contributed by atoms with Gasteiger partial charge in [-0.05, 0) is 55.4 Å². The summed E-state index contributed by atoms with van der Waals surface area (Å²) in [7, 11) is 0. The van der Waals surface area contributed by atoms with E-state index in [4.69, 9.17) is 4.74 Å². The summed E-state index contributed by atoms with van der Waals surface area (Å²) >= 11 is 0. The Kier molecular flexibility index (Phi) is 6.40. The van der Waals surface area contributed by atoms with Crippen LogP contribution >= 0.6 is 0 Å². The lowest BCUT2D eigenvalue weighted by Gasteiger charge is -2.35. The first-order chi connectivity index (χ1) is 15.8. The second-order valence-corrected chi connectivity index (χ2v) is 9.45. The minimum Gasteiger partial charge on any atom is -0.480 e. The van der Waals surface area contributed by atoms with Crippen molar-refractivity contribution in [2.45, 2.75) is 57.0 Å². The lowest BCUT2D eigenvalue weighted by Crippen LogP contribution is -2.52. The molecule has 0 spiro atoms. The van der Waals surface area contributed by atoms with Gasteiger partial charge in [0.2, 0.25) is 5.91 Å². The molecular weight excluding hydrogens is 420 g/mol. The highest BCUT2D eigenvalue weighted by atomic mass is 16.5. The quantitative estimate of drug-likeness (QED) is 0.689. The highest BCUT2D eigenvalue weighted by molar-refractivity contribution is 5.85. The van der Waals surface area contributed by atoms with Crippen LogP contribution < -0.4 is 5.32 Å². The molecule has 1 fully saturated rings. The van der Waals surface area contributed by atoms with Crippen molar-refractivity contribution in [2.24, 2.45) is 0 Å². The maximum absolute atomic E-state index is 12.8. The third kappa shape index (κ3) is 4.87. The number of likely N-dealkylation sites (tertiary alicyclic amines) is 1. The molecule has 7 heteroatoms. The minimum absolute atomic E-state index is 0.000968. The second kappa shape index (κ2) is 9.25. The molecular formula is C26H30N2O5. The highest BCUT2D eigenvalue weighted by Crippen LogP contribution is 2.44. The van der Waals surface area contributed by atoms with Crippen molar-refractivity contribution in [3.63, 3.8) is 0 Å². The zero-order valence-corrected chi connectivity index (χ0v) is 19.0. The van der Waals surface area contributed by atoms with Gasteiger partial charge < -0.3 is 20.1 Å². The summed E-state index contributed by atoms with van der Waals surface area (Å²) in [6, 6.07) is 15.4. The summed E-state index contributed by atoms with van der Waals surface area (Å²) in [5, 5.41) is 12.2. The molecule has 2 amide bonds. The summed E-state index contributed by atoms with van der Waals surface area (Å²) in [5.41, 5.74) is 3.70. The highest BCUT2D eigenvalue weighted by Gasteiger charge is 2.35. The summed E-state index contributed by atoms with van der Waals surface area (Å²) in [4.78, 5) is 38.4. The Morgan fingerprint density at radius 1 is 1.03 bits per heavy atom. The molecule has 1 saturated heterocycles. The average molecular weight is 451 g/mol. The lowest BCUT2D eigenvalue weighted by molar-refractivity contribution is -0.152. The Hall–Kier alpha value is -3.35. The van der Waals surface area contributed by atoms with Gasteiger partial charge in [-0.15, -0.1) is 0 Å². The number of nitrogens with one attached hydrogen (secondary N) is 1. The number of alkyl carbamates (subject to hydrolysis) is 1. The number of carboxylic acid groups (broad SMARTS) is 1. The van der Waals surface area contributed by atoms with Gasteiger partial charge in [-0.25, -0.2) is 9.59 Å². The average Bonchev–Trinajstić information content (AvgIpc) is 3.11. The Bertz CT molecular complexity index is 1020. The van der Waals surface area contributed by atoms with E-state index in [1.54, 1.807) is 13.8 Å². The molecule has 1 atom stereocenters. The maximum atomic E-state index is 12.8. The van der Waals surface area contributed by atoms with Crippen LogP contribution in [0.4, 0.5) is 4.79 Å². The molecule has 0 aromatic heterocycles. The third-order valence-corrected chi connectivity index (χ3v) is 6.49. The summed E-state index contributed by atoms with van der Waals surface area (Å²) < 4.78 is 5.59. The van der Waals surface area contributed by atoms with Crippen LogP contribution in [-0.2, 0) is 14.3 Å². The van der Waals surface area contributed by atoms with Crippen LogP contribution in [0.1, 0.15) is 56.6 Å². The van der Waals surface area contributed by atoms with Crippen LogP contribution in [0.3, 0.4) is 0 Å². The molecule has 0 radical (unpaired) electrons. The number of fused-ring (bicyclic) bond motifs is 3. The number of hydrogen-bond donors (Lipinski definition) is 2. The number of carbonyl (C=O) groups excluding carboxylic acids is 2. The van der Waals surface area contributed by atoms with E-state index >= 15 is 0 Å². The van der Waals surface area contributed by atoms with Crippen LogP contribution in [0, 0.1) is 0 Å². The monoisotopic (exact) mass is 450 g/mol. The van der Waals surface area contributed by atoms with Crippen molar-refractivity contribution in [2.75, 3.05) is 13.2 Å². The molecule has 0 saturated carbocycles. The van der Waals surface area contributed by atoms with E-state index in [2.05, 4.69) is 29.6 Å². The Morgan fingerprint density at radius 2 is 1.64 bits per heavy atom. The molecule has 7 nitrogen and oxygen atoms in total. The van der Waals surface area contributed by atoms with Gasteiger partial charge in [0, 0.05) is 24.4 Å². The fraction of sp³-hybridized carbons (Fsp3) is 0.423. The van der Waals surface area contributed by atoms with Crippen molar-refractivity contribution in [1.82, 2.24) is 10.2 Å². The molecule has 0 unspecified atom stereocenters. The van der Waals surface area contributed by atoms with E-state index < -0.39 is 23.6 Å². The fourth-order valence-corrected chi connectivity index (χ4v) is 4.92. The van der Waals surface area contributed by atoms with Crippen LogP contribution in [0.2, 0.25) is 0 Å². The standard InChI is InChI=1S/C26H30N2O5/c1-26(2,15-23(29)28-14-8-7-13-22(28)24(30)31)27-25(32)33-16-21-19-11-5-3-9-17(19)18-10-4-6-12-20(18)21/h3-6,9-12,21-22H,7-8,13-16H2,1-2H3,(H,27,32)(H,30,31)/t22-/m0/s1. The molecule has 174 valence electrons. The van der Waals surface area contributed by atoms with E-state index in [1.165, 1.54) is 4.90 Å². The van der Waals surface area contributed by atoms with Crippen molar-refractivity contribution in [1.29, 1.82) is 0 Å². The molecule has 1 aliphatic carbocycles. The van der Waals surface area contributed by atoms with Crippen LogP contribution in [0.25, 0.3) is 11.1 Å². The van der Waals surface area contributed by atoms with Crippen molar-refractivity contribution in [3.05, 3.63) is 59.7 Å². The smallest absolute Gasteiger partial charge is 0.407 e. The first kappa shape index (κ1) is 22.8. The predicted octanol–water partition coefficient (Wildman–Crippen LogP) is 4.16. The van der Waals surface area contributed by atoms with Crippen molar-refractivity contribution in [3.8, 4) is 11.1 Å². The first-order valence-electron chi connectivity index (χ1n) is 11.4. The number of ether oxygens (including phenoxy) is 1. The van der Waals surface area contributed by atoms with Gasteiger partial charge in [0.15, 0.2) is 0 Å². The molecule has 1 heterocycles. The number of rotatable bonds is 6. The zero-order valence-electron chi connectivity index (χ0n) is 19.0. The summed E-state index contributed by atoms with van der Waals surface area (Å²) in [6.07, 6.45) is 1.45. The van der Waals surface area contributed by atoms with Gasteiger partial charge >= 0.3 is 12.1 Å². The number of amides is 2. The van der Waals surface area contributed by atoms with E-state index in [0.29, 0.717) is 13.0 Å². The van der Waals surface area contributed by atoms with Crippen molar-refractivity contribution < 1.29 is 24.2 Å². The van der Waals surface area contributed by atoms with Crippen molar-refractivity contribution >= 4 is 18.0 Å². The van der Waals surface area contributed by atoms with Crippen LogP contribution in [0.5, 0.6) is 0 Å². The lowest BCUT2D eigenvalue weighted by atomic mass is 9.96. The number of piperidine rings is 1. The van der Waals surface area contributed by atoms with Gasteiger partial charge in [0.05, 0.1) is 0 Å². The van der Waals surface area contributed by atoms with E-state index in [9.17, 15) is 19.5 Å². The van der Waals surface area contributed by atoms with E-state index in [0.717, 1.165) is 35.1 Å². The van der Waals surface area contributed by atoms with Gasteiger partial charge in [-0.2, -0.15) is 0 Å². The van der Waals surface area contributed by atoms with Crippen LogP contribution in [0.15, 0.2) is 48.5 Å². The minimum atomic E-state index is -0.981. The number of carboxylic acids is 1. The number of hydrogen-bond acceptors (Lipinski definition) is 4. The molecule has 2 aromatic carbocycles. The van der Waals surface area contributed by atoms with E-state index in [-0.39, 0.29) is 24.9 Å². The van der Waals surface area contributed by atoms with Gasteiger partial charge in [-0.3, -0.25) is 4.79 Å². The summed E-state index contributed by atoms with van der Waals surface area (Å²) in [6.45, 7) is 4.10. The van der Waals surface area contributed by atoms with Gasteiger partial charge in [0.25, 0.3) is 0 Å². The third-order valence-electron chi connectivity index (χ3n) is 6.49. The molecule has 4 rings (SSSR count). The second-order valence-electron chi connectivity index (χ2n) is 9.45. The zero-order chi connectivity index (χ0) is 23.6. The molecule has 1 aliphatic heterocycles. The number of benzene rings is 2. The Labute approximate surface area is 193 Å². The largest absolute Gasteiger partial charge is 0.480 e. The predicted molar refractivity (Wildman–Crippen MR) is 124 cm³/mol. The molecule has 33 heavy (non-hydrogen) atoms. The molecule has 2 N–H and O–H groups in total. The fourth-order valence-electron chi connectivity index (χ4n) is 4.92. The first-order valence-corrected chi connectivity index (χ1v) is 11.4. The number of aliphatic carboxylic acids is 1. The number of carbonyl (C=O) groups is 3. The molecule has 0 bridgehead atoms. The Balaban J connectivity index is 1.37. The summed E-state index contributed by atoms with van der Waals surface area (Å²) in [5.74, 6) is -1.30. The normalized spacial score (nSPS) is 17.8. The van der Waals surface area contributed by atoms with Crippen LogP contribution in [-0.4, -0.2) is 52.7 Å².